The predicted octanol–water partition coefficient (Wildman–Crippen LogP) is 4.55. The number of rotatable bonds is 4. The number of fused-ring (bicyclic) bond motifs is 1. The van der Waals surface area contributed by atoms with Crippen LogP contribution >= 0.6 is 20.7 Å². The van der Waals surface area contributed by atoms with Crippen molar-refractivity contribution in [1.29, 1.82) is 0 Å². The fourth-order valence-electron chi connectivity index (χ4n) is 3.54. The maximum atomic E-state index is 14.3. The molecule has 2 amide bonds. The second-order valence-electron chi connectivity index (χ2n) is 8.24. The van der Waals surface area contributed by atoms with Crippen LogP contribution in [0.25, 0.3) is 0 Å². The number of anilines is 2. The number of amidine groups is 2. The first-order valence-electron chi connectivity index (χ1n) is 10.2. The molecule has 0 radical (unpaired) electrons. The molecule has 9 nitrogen and oxygen atoms in total. The number of urea groups is 1. The third-order valence-corrected chi connectivity index (χ3v) is 7.77. The van der Waals surface area contributed by atoms with Gasteiger partial charge in [0.1, 0.15) is 23.0 Å². The number of methoxy groups -OCH3 is 1. The Hall–Kier alpha value is -3.55. The van der Waals surface area contributed by atoms with Crippen LogP contribution in [0.4, 0.5) is 25.0 Å². The number of aliphatic hydroxyl groups is 1. The fraction of sp³-hybridized carbons (Fsp3) is 0.217. The maximum Gasteiger partial charge on any atom is 0.347 e. The van der Waals surface area contributed by atoms with E-state index in [1.54, 1.807) is 40.5 Å². The number of phenolic OH excluding ortho intramolecular Hbond substituents is 1. The van der Waals surface area contributed by atoms with E-state index in [-0.39, 0.29) is 5.75 Å². The summed E-state index contributed by atoms with van der Waals surface area (Å²) in [4.78, 5) is 20.2. The fourth-order valence-corrected chi connectivity index (χ4v) is 5.48. The number of amides is 2. The Morgan fingerprint density at radius 3 is 2.60 bits per heavy atom. The summed E-state index contributed by atoms with van der Waals surface area (Å²) in [5.74, 6) is -3.85. The number of allylic oxidation sites excluding steroid dienone is 1. The van der Waals surface area contributed by atoms with E-state index in [4.69, 9.17) is 10.5 Å². The van der Waals surface area contributed by atoms with E-state index in [2.05, 4.69) is 20.6 Å². The van der Waals surface area contributed by atoms with Gasteiger partial charge in [-0.1, -0.05) is 26.8 Å². The number of alkyl halides is 2. The Labute approximate surface area is 209 Å². The van der Waals surface area contributed by atoms with Gasteiger partial charge in [0.2, 0.25) is 0 Å². The third-order valence-electron chi connectivity index (χ3n) is 5.65. The molecule has 1 aliphatic carbocycles. The second kappa shape index (κ2) is 8.91. The van der Waals surface area contributed by atoms with Crippen molar-refractivity contribution in [2.24, 2.45) is 21.1 Å². The Morgan fingerprint density at radius 1 is 1.20 bits per heavy atom. The molecule has 35 heavy (non-hydrogen) atoms. The average Bonchev–Trinajstić information content (AvgIpc) is 2.78. The summed E-state index contributed by atoms with van der Waals surface area (Å²) in [6, 6.07) is 8.99. The number of nitrogens with zero attached hydrogens (tertiary/aromatic N) is 2. The summed E-state index contributed by atoms with van der Waals surface area (Å²) in [5.41, 5.74) is 4.66. The van der Waals surface area contributed by atoms with Crippen LogP contribution in [-0.4, -0.2) is 45.1 Å². The van der Waals surface area contributed by atoms with E-state index < -0.39 is 55.3 Å². The van der Waals surface area contributed by atoms with Crippen molar-refractivity contribution in [2.75, 3.05) is 17.7 Å². The van der Waals surface area contributed by atoms with Gasteiger partial charge in [-0.2, -0.15) is 13.8 Å². The standard InChI is InChI=1S/C23H22F2IN5O4/c1-22(2)18(33)17(23(22,24)25)19(27)31-21(34)30-12-6-4-5-11(7-12)29-20-13-8-16(35-3)15(32)9-14(13)26-10-28-20/h4-10,32-33H,1-3H3,(H,28,29)(H3,27,30,31,34). The van der Waals surface area contributed by atoms with Crippen LogP contribution in [0.5, 0.6) is 11.5 Å². The molecule has 0 aromatic heterocycles. The van der Waals surface area contributed by atoms with Crippen molar-refractivity contribution < 1.29 is 28.5 Å². The quantitative estimate of drug-likeness (QED) is 0.199. The van der Waals surface area contributed by atoms with E-state index in [1.807, 2.05) is 0 Å². The molecule has 12 heteroatoms. The number of carbonyl (C=O) groups is 1. The van der Waals surface area contributed by atoms with Crippen molar-refractivity contribution in [3.05, 3.63) is 56.9 Å². The van der Waals surface area contributed by atoms with Gasteiger partial charge in [0.05, 0.1) is 16.7 Å². The van der Waals surface area contributed by atoms with E-state index >= 15 is 0 Å². The normalized spacial score (nSPS) is 18.0. The lowest BCUT2D eigenvalue weighted by Crippen LogP contribution is -2.54. The van der Waals surface area contributed by atoms with Gasteiger partial charge in [-0.05, 0) is 44.2 Å². The molecule has 0 fully saturated rings. The van der Waals surface area contributed by atoms with Gasteiger partial charge < -0.3 is 31.3 Å². The highest BCUT2D eigenvalue weighted by Crippen LogP contribution is 2.56. The summed E-state index contributed by atoms with van der Waals surface area (Å²) in [5, 5.41) is 25.6. The van der Waals surface area contributed by atoms with Crippen LogP contribution in [0.15, 0.2) is 57.7 Å². The summed E-state index contributed by atoms with van der Waals surface area (Å²) in [7, 11) is 1.46. The number of hydrogen-bond donors (Lipinski definition) is 5. The number of phenols is 1. The van der Waals surface area contributed by atoms with Crippen LogP contribution in [0.1, 0.15) is 19.4 Å². The number of halogens is 3. The molecule has 0 saturated heterocycles. The number of aromatic hydroxyl groups is 1. The number of nitrogens with one attached hydrogen (secondary N) is 2. The van der Waals surface area contributed by atoms with Gasteiger partial charge in [-0.3, -0.25) is 0 Å². The zero-order valence-electron chi connectivity index (χ0n) is 18.9. The smallest absolute Gasteiger partial charge is 0.347 e. The number of aliphatic hydroxyl groups excluding tert-OH is 1. The first kappa shape index (κ1) is 24.6. The predicted molar refractivity (Wildman–Crippen MR) is 139 cm³/mol. The second-order valence-corrected chi connectivity index (χ2v) is 10.6. The van der Waals surface area contributed by atoms with E-state index in [0.29, 0.717) is 23.0 Å². The minimum atomic E-state index is -3.41. The molecule has 4 rings (SSSR count). The lowest BCUT2D eigenvalue weighted by Gasteiger charge is -2.44. The Kier molecular flexibility index (Phi) is 6.25. The molecule has 2 aromatic carbocycles. The van der Waals surface area contributed by atoms with E-state index in [1.165, 1.54) is 21.0 Å². The van der Waals surface area contributed by atoms with Gasteiger partial charge in [-0.25, -0.2) is 9.79 Å². The summed E-state index contributed by atoms with van der Waals surface area (Å²) in [6.07, 6.45) is 0. The monoisotopic (exact) mass is 597 g/mol. The van der Waals surface area contributed by atoms with E-state index in [0.717, 1.165) is 9.13 Å². The Morgan fingerprint density at radius 2 is 1.91 bits per heavy atom. The van der Waals surface area contributed by atoms with Gasteiger partial charge in [0.15, 0.2) is 11.5 Å². The van der Waals surface area contributed by atoms with Crippen molar-refractivity contribution in [2.45, 2.75) is 19.8 Å². The zero-order valence-corrected chi connectivity index (χ0v) is 21.0. The highest BCUT2D eigenvalue weighted by atomic mass is 127. The number of hydrogen-bond acceptors (Lipinski definition) is 6. The summed E-state index contributed by atoms with van der Waals surface area (Å²) < 4.78 is 36.5. The highest BCUT2D eigenvalue weighted by molar-refractivity contribution is 14.2. The van der Waals surface area contributed by atoms with Crippen LogP contribution < -0.4 is 21.1 Å². The largest absolute Gasteiger partial charge is 0.511 e. The molecular weight excluding hydrogens is 575 g/mol. The Bertz CT molecular complexity index is 1350. The number of benzene rings is 2. The summed E-state index contributed by atoms with van der Waals surface area (Å²) in [6.45, 7) is 2.34. The molecule has 0 saturated carbocycles. The van der Waals surface area contributed by atoms with Crippen molar-refractivity contribution in [3.63, 3.8) is 0 Å². The van der Waals surface area contributed by atoms with Crippen LogP contribution in [0.3, 0.4) is 0 Å². The topological polar surface area (TPSA) is 142 Å². The van der Waals surface area contributed by atoms with Crippen molar-refractivity contribution in [3.8, 4) is 11.5 Å². The Balaban J connectivity index is 1.51. The molecule has 0 bridgehead atoms. The minimum Gasteiger partial charge on any atom is -0.511 e. The van der Waals surface area contributed by atoms with Crippen molar-refractivity contribution in [1.82, 2.24) is 0 Å². The van der Waals surface area contributed by atoms with Gasteiger partial charge in [-0.15, -0.1) is 0 Å². The van der Waals surface area contributed by atoms with Crippen LogP contribution in [0.2, 0.25) is 0 Å². The molecule has 2 aromatic rings. The van der Waals surface area contributed by atoms with Crippen LogP contribution in [-0.2, 0) is 0 Å². The number of ether oxygens (including phenoxy) is 1. The molecule has 0 atom stereocenters. The molecule has 6 N–H and O–H groups in total. The number of aliphatic imine (C=N–C) groups is 2. The summed E-state index contributed by atoms with van der Waals surface area (Å²) >= 11 is -0.516. The van der Waals surface area contributed by atoms with Gasteiger partial charge in [0, 0.05) is 20.5 Å². The average molecular weight is 597 g/mol. The van der Waals surface area contributed by atoms with Gasteiger partial charge >= 0.3 is 6.03 Å². The SMILES string of the molecule is COc1cc2c(cc1O)I=CN=C2Nc1cccc(NC(=O)/N=C(\N)C2=C(O)C(C)(C)C2(F)F)c1. The molecule has 184 valence electrons. The molecule has 2 aliphatic rings. The van der Waals surface area contributed by atoms with Crippen molar-refractivity contribution >= 4 is 53.9 Å². The molecular formula is C23H22F2IN5O4. The first-order chi connectivity index (χ1) is 16.5. The highest BCUT2D eigenvalue weighted by Gasteiger charge is 2.64. The molecule has 1 heterocycles. The first-order valence-corrected chi connectivity index (χ1v) is 12.6. The number of nitrogens with two attached hydrogens (primary N) is 1. The zero-order chi connectivity index (χ0) is 25.5. The van der Waals surface area contributed by atoms with E-state index in [9.17, 15) is 23.8 Å². The lowest BCUT2D eigenvalue weighted by molar-refractivity contribution is -0.103. The minimum absolute atomic E-state index is 0.0532. The lowest BCUT2D eigenvalue weighted by atomic mass is 9.67. The maximum absolute atomic E-state index is 14.3. The number of carbonyl (C=O) groups excluding carboxylic acids is 1. The third kappa shape index (κ3) is 4.33. The van der Waals surface area contributed by atoms with Crippen LogP contribution in [0, 0.1) is 8.99 Å². The molecule has 1 aliphatic heterocycles. The van der Waals surface area contributed by atoms with Gasteiger partial charge in [0.25, 0.3) is 5.92 Å². The molecule has 0 unspecified atom stereocenters. The molecule has 0 spiro atoms.